The van der Waals surface area contributed by atoms with E-state index in [2.05, 4.69) is 18.4 Å². The number of anilines is 1. The zero-order chi connectivity index (χ0) is 18.5. The van der Waals surface area contributed by atoms with Crippen LogP contribution < -0.4 is 5.73 Å². The first-order valence-corrected chi connectivity index (χ1v) is 11.5. The Kier molecular flexibility index (Phi) is 10.4. The molecular weight excluding hydrogens is 336 g/mol. The summed E-state index contributed by atoms with van der Waals surface area (Å²) in [4.78, 5) is 4.77. The lowest BCUT2D eigenvalue weighted by Crippen LogP contribution is -1.88. The van der Waals surface area contributed by atoms with Gasteiger partial charge in [-0.1, -0.05) is 89.7 Å². The predicted molar refractivity (Wildman–Crippen MR) is 117 cm³/mol. The first-order chi connectivity index (χ1) is 12.8. The minimum Gasteiger partial charge on any atom is -0.399 e. The lowest BCUT2D eigenvalue weighted by Gasteiger charge is -2.02. The fraction of sp³-hybridized carbons (Fsp3) is 0.609. The topological polar surface area (TPSA) is 38.9 Å². The highest BCUT2D eigenvalue weighted by molar-refractivity contribution is 7.13. The number of hydrogen-bond acceptors (Lipinski definition) is 3. The highest BCUT2D eigenvalue weighted by Crippen LogP contribution is 2.26. The van der Waals surface area contributed by atoms with Gasteiger partial charge in [0.05, 0.1) is 5.69 Å². The summed E-state index contributed by atoms with van der Waals surface area (Å²) >= 11 is 1.73. The van der Waals surface area contributed by atoms with Crippen molar-refractivity contribution in [3.05, 3.63) is 35.3 Å². The molecule has 26 heavy (non-hydrogen) atoms. The van der Waals surface area contributed by atoms with Crippen LogP contribution in [0.4, 0.5) is 5.69 Å². The summed E-state index contributed by atoms with van der Waals surface area (Å²) in [5, 5.41) is 3.29. The molecule has 0 saturated carbocycles. The van der Waals surface area contributed by atoms with E-state index in [-0.39, 0.29) is 0 Å². The number of nitrogens with two attached hydrogens (primary N) is 1. The minimum atomic E-state index is 0.806. The van der Waals surface area contributed by atoms with E-state index in [9.17, 15) is 0 Å². The predicted octanol–water partition coefficient (Wildman–Crippen LogP) is 7.64. The monoisotopic (exact) mass is 372 g/mol. The molecule has 0 atom stereocenters. The number of aromatic nitrogens is 1. The summed E-state index contributed by atoms with van der Waals surface area (Å²) in [5.41, 5.74) is 9.04. The molecule has 144 valence electrons. The van der Waals surface area contributed by atoms with Crippen molar-refractivity contribution in [2.75, 3.05) is 5.73 Å². The molecule has 0 radical (unpaired) electrons. The van der Waals surface area contributed by atoms with Gasteiger partial charge in [-0.2, -0.15) is 0 Å². The van der Waals surface area contributed by atoms with Crippen LogP contribution in [0.15, 0.2) is 29.6 Å². The van der Waals surface area contributed by atoms with E-state index in [1.165, 1.54) is 82.7 Å². The van der Waals surface area contributed by atoms with Crippen LogP contribution in [0.25, 0.3) is 10.6 Å². The maximum absolute atomic E-state index is 5.86. The third-order valence-corrected chi connectivity index (χ3v) is 5.91. The van der Waals surface area contributed by atoms with Gasteiger partial charge in [0.2, 0.25) is 0 Å². The quantitative estimate of drug-likeness (QED) is 0.273. The van der Waals surface area contributed by atoms with Crippen LogP contribution in [-0.2, 0) is 6.42 Å². The lowest BCUT2D eigenvalue weighted by molar-refractivity contribution is 0.543. The fourth-order valence-corrected chi connectivity index (χ4v) is 4.22. The van der Waals surface area contributed by atoms with Crippen molar-refractivity contribution >= 4 is 17.0 Å². The Morgan fingerprint density at radius 1 is 0.846 bits per heavy atom. The van der Waals surface area contributed by atoms with Crippen LogP contribution in [-0.4, -0.2) is 4.98 Å². The van der Waals surface area contributed by atoms with Gasteiger partial charge in [-0.25, -0.2) is 4.98 Å². The van der Waals surface area contributed by atoms with Crippen LogP contribution in [0, 0.1) is 0 Å². The van der Waals surface area contributed by atoms with Crippen LogP contribution in [0.2, 0.25) is 0 Å². The van der Waals surface area contributed by atoms with Crippen molar-refractivity contribution in [3.8, 4) is 10.6 Å². The van der Waals surface area contributed by atoms with Crippen LogP contribution >= 0.6 is 11.3 Å². The Bertz CT molecular complexity index is 606. The molecule has 0 aliphatic carbocycles. The van der Waals surface area contributed by atoms with Crippen molar-refractivity contribution in [3.63, 3.8) is 0 Å². The van der Waals surface area contributed by atoms with Gasteiger partial charge in [0.1, 0.15) is 5.01 Å². The third-order valence-electron chi connectivity index (χ3n) is 4.97. The first-order valence-electron chi connectivity index (χ1n) is 10.6. The maximum Gasteiger partial charge on any atom is 0.123 e. The fourth-order valence-electron chi connectivity index (χ4n) is 3.37. The smallest absolute Gasteiger partial charge is 0.123 e. The maximum atomic E-state index is 5.86. The summed E-state index contributed by atoms with van der Waals surface area (Å²) in [6.07, 6.45) is 17.9. The van der Waals surface area contributed by atoms with E-state index in [1.54, 1.807) is 11.3 Å². The number of hydrogen-bond donors (Lipinski definition) is 1. The van der Waals surface area contributed by atoms with E-state index in [1.807, 2.05) is 18.2 Å². The molecule has 1 heterocycles. The summed E-state index contributed by atoms with van der Waals surface area (Å²) in [5.74, 6) is 0. The molecule has 1 aromatic heterocycles. The molecule has 0 bridgehead atoms. The number of benzene rings is 1. The molecule has 0 unspecified atom stereocenters. The van der Waals surface area contributed by atoms with Crippen LogP contribution in [0.1, 0.15) is 89.7 Å². The molecule has 2 N–H and O–H groups in total. The molecule has 2 aromatic rings. The van der Waals surface area contributed by atoms with Gasteiger partial charge in [-0.15, -0.1) is 11.3 Å². The molecule has 1 aromatic carbocycles. The molecule has 2 rings (SSSR count). The largest absolute Gasteiger partial charge is 0.399 e. The zero-order valence-corrected chi connectivity index (χ0v) is 17.3. The highest BCUT2D eigenvalue weighted by Gasteiger charge is 2.05. The molecule has 0 aliphatic heterocycles. The van der Waals surface area contributed by atoms with E-state index in [0.717, 1.165) is 22.7 Å². The molecule has 0 fully saturated rings. The van der Waals surface area contributed by atoms with E-state index in [0.29, 0.717) is 0 Å². The molecule has 0 aliphatic rings. The van der Waals surface area contributed by atoms with Gasteiger partial charge in [-0.05, 0) is 25.0 Å². The Morgan fingerprint density at radius 2 is 1.46 bits per heavy atom. The van der Waals surface area contributed by atoms with E-state index < -0.39 is 0 Å². The molecule has 0 saturated heterocycles. The summed E-state index contributed by atoms with van der Waals surface area (Å²) < 4.78 is 0. The number of unbranched alkanes of at least 4 members (excludes halogenated alkanes) is 11. The Balaban J connectivity index is 1.49. The standard InChI is InChI=1S/C23H36N2S/c1-2-3-4-5-6-7-8-9-10-11-12-13-17-22-19-26-23(25-22)20-15-14-16-21(24)18-20/h14-16,18-19H,2-13,17,24H2,1H3. The Morgan fingerprint density at radius 3 is 2.08 bits per heavy atom. The highest BCUT2D eigenvalue weighted by atomic mass is 32.1. The average Bonchev–Trinajstić information content (AvgIpc) is 3.12. The van der Waals surface area contributed by atoms with E-state index >= 15 is 0 Å². The Labute approximate surface area is 164 Å². The Hall–Kier alpha value is -1.35. The third kappa shape index (κ3) is 8.35. The van der Waals surface area contributed by atoms with Gasteiger partial charge in [-0.3, -0.25) is 0 Å². The molecule has 0 spiro atoms. The summed E-state index contributed by atoms with van der Waals surface area (Å²) in [7, 11) is 0. The second kappa shape index (κ2) is 12.9. The van der Waals surface area contributed by atoms with Crippen molar-refractivity contribution in [1.82, 2.24) is 4.98 Å². The number of aryl methyl sites for hydroxylation is 1. The van der Waals surface area contributed by atoms with Crippen molar-refractivity contribution in [2.45, 2.75) is 90.4 Å². The van der Waals surface area contributed by atoms with E-state index in [4.69, 9.17) is 10.7 Å². The lowest BCUT2D eigenvalue weighted by atomic mass is 10.0. The molecule has 3 heteroatoms. The second-order valence-corrected chi connectivity index (χ2v) is 8.27. The second-order valence-electron chi connectivity index (χ2n) is 7.41. The number of thiazole rings is 1. The van der Waals surface area contributed by atoms with Crippen LogP contribution in [0.5, 0.6) is 0 Å². The normalized spacial score (nSPS) is 11.1. The van der Waals surface area contributed by atoms with Crippen molar-refractivity contribution in [1.29, 1.82) is 0 Å². The van der Waals surface area contributed by atoms with Gasteiger partial charge in [0, 0.05) is 16.6 Å². The van der Waals surface area contributed by atoms with Crippen molar-refractivity contribution in [2.24, 2.45) is 0 Å². The first kappa shape index (κ1) is 21.0. The number of nitrogen functional groups attached to an aromatic ring is 1. The molecule has 0 amide bonds. The average molecular weight is 373 g/mol. The number of rotatable bonds is 14. The zero-order valence-electron chi connectivity index (χ0n) is 16.5. The SMILES string of the molecule is CCCCCCCCCCCCCCc1csc(-c2cccc(N)c2)n1. The van der Waals surface area contributed by atoms with Gasteiger partial charge in [0.15, 0.2) is 0 Å². The number of nitrogens with zero attached hydrogens (tertiary/aromatic N) is 1. The minimum absolute atomic E-state index is 0.806. The van der Waals surface area contributed by atoms with Gasteiger partial charge >= 0.3 is 0 Å². The summed E-state index contributed by atoms with van der Waals surface area (Å²) in [6, 6.07) is 8.01. The van der Waals surface area contributed by atoms with Gasteiger partial charge in [0.25, 0.3) is 0 Å². The molecule has 2 nitrogen and oxygen atoms in total. The summed E-state index contributed by atoms with van der Waals surface area (Å²) in [6.45, 7) is 2.28. The van der Waals surface area contributed by atoms with Crippen molar-refractivity contribution < 1.29 is 0 Å². The van der Waals surface area contributed by atoms with Gasteiger partial charge < -0.3 is 5.73 Å². The van der Waals surface area contributed by atoms with Crippen LogP contribution in [0.3, 0.4) is 0 Å². The molecular formula is C23H36N2S.